The van der Waals surface area contributed by atoms with E-state index in [-0.39, 0.29) is 11.9 Å². The van der Waals surface area contributed by atoms with E-state index in [0.29, 0.717) is 17.9 Å². The van der Waals surface area contributed by atoms with E-state index in [1.807, 2.05) is 42.6 Å². The Morgan fingerprint density at radius 1 is 0.868 bits per heavy atom. The SMILES string of the molecule is COC(=O)N[C@@H](C(=O)N1CCCC1c1ncc(-c2ccc(-c3ccc4ncnc(Nc5ccc(N6CCOCC6)cc5)c4c3)cc2)[nH]1)c1ccccc1. The quantitative estimate of drug-likeness (QED) is 0.145. The molecule has 2 amide bonds. The lowest BCUT2D eigenvalue weighted by Crippen LogP contribution is -2.42. The van der Waals surface area contributed by atoms with Gasteiger partial charge in [-0.25, -0.2) is 19.7 Å². The van der Waals surface area contributed by atoms with Gasteiger partial charge < -0.3 is 34.9 Å². The molecule has 2 fully saturated rings. The van der Waals surface area contributed by atoms with Gasteiger partial charge >= 0.3 is 6.09 Å². The normalized spacial score (nSPS) is 16.4. The van der Waals surface area contributed by atoms with Crippen LogP contribution in [0.15, 0.2) is 110 Å². The maximum absolute atomic E-state index is 13.9. The standard InChI is InChI=1S/C41H40N8O4/c1-52-41(51)47-37(29-6-3-2-4-7-29)40(50)49-19-5-8-36(49)39-42-25-35(46-39)28-11-9-27(10-12-28)30-13-18-34-33(24-30)38(44-26-43-34)45-31-14-16-32(17-15-31)48-20-22-53-23-21-48/h2-4,6-7,9-18,24-26,36-37H,5,8,19-23H2,1H3,(H,42,46)(H,47,51)(H,43,44,45)/t36?,37-/m1/s1. The lowest BCUT2D eigenvalue weighted by atomic mass is 10.0. The number of methoxy groups -OCH3 is 1. The number of imidazole rings is 1. The summed E-state index contributed by atoms with van der Waals surface area (Å²) in [5.74, 6) is 1.26. The van der Waals surface area contributed by atoms with Crippen molar-refractivity contribution in [1.29, 1.82) is 0 Å². The molecular weight excluding hydrogens is 669 g/mol. The van der Waals surface area contributed by atoms with E-state index in [4.69, 9.17) is 14.5 Å². The third-order valence-corrected chi connectivity index (χ3v) is 9.95. The van der Waals surface area contributed by atoms with Crippen LogP contribution in [-0.4, -0.2) is 76.8 Å². The second kappa shape index (κ2) is 15.1. The number of anilines is 3. The number of aromatic amines is 1. The maximum atomic E-state index is 13.9. The second-order valence-electron chi connectivity index (χ2n) is 13.2. The summed E-state index contributed by atoms with van der Waals surface area (Å²) in [6, 6.07) is 31.0. The third-order valence-electron chi connectivity index (χ3n) is 9.95. The number of carbonyl (C=O) groups excluding carboxylic acids is 2. The van der Waals surface area contributed by atoms with Crippen LogP contribution in [0, 0.1) is 0 Å². The highest BCUT2D eigenvalue weighted by Crippen LogP contribution is 2.35. The smallest absolute Gasteiger partial charge is 0.407 e. The number of nitrogens with zero attached hydrogens (tertiary/aromatic N) is 5. The lowest BCUT2D eigenvalue weighted by molar-refractivity contribution is -0.134. The van der Waals surface area contributed by atoms with Crippen LogP contribution in [0.5, 0.6) is 0 Å². The number of nitrogens with one attached hydrogen (secondary N) is 3. The summed E-state index contributed by atoms with van der Waals surface area (Å²) in [6.07, 6.45) is 4.33. The van der Waals surface area contributed by atoms with Gasteiger partial charge in [-0.1, -0.05) is 60.7 Å². The van der Waals surface area contributed by atoms with Gasteiger partial charge in [0.25, 0.3) is 5.91 Å². The Hall–Kier alpha value is -6.27. The highest BCUT2D eigenvalue weighted by atomic mass is 16.5. The van der Waals surface area contributed by atoms with Gasteiger partial charge in [-0.05, 0) is 71.5 Å². The molecule has 0 radical (unpaired) electrons. The van der Waals surface area contributed by atoms with Crippen molar-refractivity contribution in [2.24, 2.45) is 0 Å². The van der Waals surface area contributed by atoms with Crippen molar-refractivity contribution < 1.29 is 19.1 Å². The van der Waals surface area contributed by atoms with Crippen molar-refractivity contribution in [2.45, 2.75) is 24.9 Å². The number of carbonyl (C=O) groups is 2. The molecule has 8 rings (SSSR count). The first-order valence-corrected chi connectivity index (χ1v) is 17.8. The lowest BCUT2D eigenvalue weighted by Gasteiger charge is -2.28. The predicted molar refractivity (Wildman–Crippen MR) is 204 cm³/mol. The molecule has 2 aliphatic rings. The van der Waals surface area contributed by atoms with E-state index in [0.717, 1.165) is 83.9 Å². The Balaban J connectivity index is 0.981. The second-order valence-corrected chi connectivity index (χ2v) is 13.2. The summed E-state index contributed by atoms with van der Waals surface area (Å²) in [6.45, 7) is 3.86. The fraction of sp³-hybridized carbons (Fsp3) is 0.244. The summed E-state index contributed by atoms with van der Waals surface area (Å²) in [7, 11) is 1.29. The third kappa shape index (κ3) is 7.26. The van der Waals surface area contributed by atoms with Crippen molar-refractivity contribution in [3.05, 3.63) is 121 Å². The molecule has 12 heteroatoms. The van der Waals surface area contributed by atoms with E-state index < -0.39 is 12.1 Å². The number of benzene rings is 4. The average molecular weight is 709 g/mol. The molecule has 0 aliphatic carbocycles. The van der Waals surface area contributed by atoms with Gasteiger partial charge in [-0.2, -0.15) is 0 Å². The van der Waals surface area contributed by atoms with Gasteiger partial charge in [0.05, 0.1) is 43.8 Å². The van der Waals surface area contributed by atoms with Crippen molar-refractivity contribution in [3.63, 3.8) is 0 Å². The first kappa shape index (κ1) is 33.9. The molecule has 1 unspecified atom stereocenters. The first-order chi connectivity index (χ1) is 26.0. The van der Waals surface area contributed by atoms with Gasteiger partial charge in [0, 0.05) is 36.4 Å². The minimum absolute atomic E-state index is 0.202. The highest BCUT2D eigenvalue weighted by molar-refractivity contribution is 5.94. The zero-order valence-corrected chi connectivity index (χ0v) is 29.4. The fourth-order valence-corrected chi connectivity index (χ4v) is 7.14. The molecule has 6 aromatic rings. The molecule has 12 nitrogen and oxygen atoms in total. The molecule has 4 heterocycles. The van der Waals surface area contributed by atoms with E-state index in [1.54, 1.807) is 11.2 Å². The predicted octanol–water partition coefficient (Wildman–Crippen LogP) is 7.03. The monoisotopic (exact) mass is 708 g/mol. The molecule has 2 atom stereocenters. The number of aromatic nitrogens is 4. The summed E-state index contributed by atoms with van der Waals surface area (Å²) >= 11 is 0. The molecule has 0 bridgehead atoms. The zero-order valence-electron chi connectivity index (χ0n) is 29.4. The van der Waals surface area contributed by atoms with E-state index in [2.05, 4.69) is 91.1 Å². The number of rotatable bonds is 9. The molecule has 2 aromatic heterocycles. The highest BCUT2D eigenvalue weighted by Gasteiger charge is 2.37. The van der Waals surface area contributed by atoms with E-state index in [1.165, 1.54) is 12.8 Å². The van der Waals surface area contributed by atoms with Gasteiger partial charge in [0.1, 0.15) is 24.0 Å². The van der Waals surface area contributed by atoms with Crippen LogP contribution in [0.2, 0.25) is 0 Å². The van der Waals surface area contributed by atoms with E-state index in [9.17, 15) is 9.59 Å². The molecule has 53 heavy (non-hydrogen) atoms. The van der Waals surface area contributed by atoms with Crippen molar-refractivity contribution >= 4 is 40.1 Å². The number of ether oxygens (including phenoxy) is 2. The number of hydrogen-bond acceptors (Lipinski definition) is 9. The van der Waals surface area contributed by atoms with Gasteiger partial charge in [0.2, 0.25) is 0 Å². The van der Waals surface area contributed by atoms with Gasteiger partial charge in [-0.15, -0.1) is 0 Å². The Morgan fingerprint density at radius 2 is 1.62 bits per heavy atom. The van der Waals surface area contributed by atoms with Crippen LogP contribution < -0.4 is 15.5 Å². The van der Waals surface area contributed by atoms with Crippen molar-refractivity contribution in [3.8, 4) is 22.4 Å². The summed E-state index contributed by atoms with van der Waals surface area (Å²) < 4.78 is 10.3. The maximum Gasteiger partial charge on any atom is 0.407 e. The Labute approximate surface area is 307 Å². The zero-order chi connectivity index (χ0) is 36.1. The molecule has 0 saturated carbocycles. The fourth-order valence-electron chi connectivity index (χ4n) is 7.14. The Morgan fingerprint density at radius 3 is 2.40 bits per heavy atom. The summed E-state index contributed by atoms with van der Waals surface area (Å²) in [5, 5.41) is 7.14. The molecule has 268 valence electrons. The van der Waals surface area contributed by atoms with Crippen molar-refractivity contribution in [2.75, 3.05) is 50.2 Å². The number of likely N-dealkylation sites (tertiary alicyclic amines) is 1. The molecule has 2 aliphatic heterocycles. The minimum Gasteiger partial charge on any atom is -0.453 e. The Bertz CT molecular complexity index is 2200. The van der Waals surface area contributed by atoms with Crippen LogP contribution >= 0.6 is 0 Å². The molecule has 4 aromatic carbocycles. The van der Waals surface area contributed by atoms with Crippen LogP contribution in [-0.2, 0) is 14.3 Å². The largest absolute Gasteiger partial charge is 0.453 e. The molecule has 2 saturated heterocycles. The number of amides is 2. The van der Waals surface area contributed by atoms with Crippen LogP contribution in [0.4, 0.5) is 22.0 Å². The molecular formula is C41H40N8O4. The summed E-state index contributed by atoms with van der Waals surface area (Å²) in [5.41, 5.74) is 7.61. The van der Waals surface area contributed by atoms with Gasteiger partial charge in [0.15, 0.2) is 0 Å². The number of hydrogen-bond donors (Lipinski definition) is 3. The minimum atomic E-state index is -0.869. The molecule has 3 N–H and O–H groups in total. The number of alkyl carbamates (subject to hydrolysis) is 1. The number of fused-ring (bicyclic) bond motifs is 1. The van der Waals surface area contributed by atoms with Crippen LogP contribution in [0.1, 0.15) is 36.3 Å². The van der Waals surface area contributed by atoms with Crippen molar-refractivity contribution in [1.82, 2.24) is 30.2 Å². The van der Waals surface area contributed by atoms with Gasteiger partial charge in [-0.3, -0.25) is 4.79 Å². The Kier molecular flexibility index (Phi) is 9.67. The molecule has 0 spiro atoms. The average Bonchev–Trinajstić information content (AvgIpc) is 3.92. The van der Waals surface area contributed by atoms with E-state index >= 15 is 0 Å². The van der Waals surface area contributed by atoms with Crippen LogP contribution in [0.25, 0.3) is 33.3 Å². The number of morpholine rings is 1. The topological polar surface area (TPSA) is 138 Å². The summed E-state index contributed by atoms with van der Waals surface area (Å²) in [4.78, 5) is 47.5. The first-order valence-electron chi connectivity index (χ1n) is 17.8. The van der Waals surface area contributed by atoms with Crippen LogP contribution in [0.3, 0.4) is 0 Å². The number of H-pyrrole nitrogens is 1.